The lowest BCUT2D eigenvalue weighted by Gasteiger charge is -2.10. The van der Waals surface area contributed by atoms with Crippen LogP contribution in [-0.4, -0.2) is 19.0 Å². The van der Waals surface area contributed by atoms with Crippen molar-refractivity contribution in [1.82, 2.24) is 10.6 Å². The van der Waals surface area contributed by atoms with E-state index in [1.807, 2.05) is 0 Å². The van der Waals surface area contributed by atoms with Crippen LogP contribution in [0.15, 0.2) is 0 Å². The van der Waals surface area contributed by atoms with Crippen molar-refractivity contribution in [1.29, 1.82) is 5.41 Å². The molecule has 0 aromatic heterocycles. The van der Waals surface area contributed by atoms with Crippen molar-refractivity contribution in [2.45, 2.75) is 136 Å². The first kappa shape index (κ1) is 26.3. The van der Waals surface area contributed by atoms with E-state index >= 15 is 0 Å². The summed E-state index contributed by atoms with van der Waals surface area (Å²) in [6.07, 6.45) is 25.9. The molecule has 0 fully saturated rings. The molecule has 0 amide bonds. The van der Waals surface area contributed by atoms with Gasteiger partial charge in [0, 0.05) is 13.1 Å². The van der Waals surface area contributed by atoms with Crippen molar-refractivity contribution in [3.05, 3.63) is 0 Å². The molecule has 3 nitrogen and oxygen atoms in total. The summed E-state index contributed by atoms with van der Waals surface area (Å²) in [5.74, 6) is 0.519. The molecule has 162 valence electrons. The Kier molecular flexibility index (Phi) is 22.7. The molecule has 0 spiro atoms. The normalized spacial score (nSPS) is 10.9. The van der Waals surface area contributed by atoms with Crippen molar-refractivity contribution >= 4 is 5.96 Å². The van der Waals surface area contributed by atoms with Gasteiger partial charge < -0.3 is 10.6 Å². The molecular formula is C24H51N3. The first-order valence-corrected chi connectivity index (χ1v) is 12.4. The summed E-state index contributed by atoms with van der Waals surface area (Å²) in [5.41, 5.74) is 0. The molecule has 0 saturated carbocycles. The number of rotatable bonds is 21. The standard InChI is InChI=1S/C24H51N3/c1-3-5-7-9-11-13-15-17-19-21-23-27-24(25)26-22-20-18-16-14-12-10-8-6-4-2/h3-23H2,1-2H3,(H3,25,26,27). The SMILES string of the molecule is CCCCCCCCCCCCNC(=N)NCCCCCCCCCCC. The van der Waals surface area contributed by atoms with Gasteiger partial charge >= 0.3 is 0 Å². The minimum Gasteiger partial charge on any atom is -0.357 e. The molecule has 0 saturated heterocycles. The third-order valence-corrected chi connectivity index (χ3v) is 5.41. The van der Waals surface area contributed by atoms with Gasteiger partial charge in [-0.05, 0) is 12.8 Å². The molecule has 0 unspecified atom stereocenters. The first-order valence-electron chi connectivity index (χ1n) is 12.4. The summed E-state index contributed by atoms with van der Waals surface area (Å²) < 4.78 is 0. The highest BCUT2D eigenvalue weighted by Gasteiger charge is 1.97. The van der Waals surface area contributed by atoms with Gasteiger partial charge in [0.25, 0.3) is 0 Å². The second kappa shape index (κ2) is 23.3. The summed E-state index contributed by atoms with van der Waals surface area (Å²) >= 11 is 0. The Morgan fingerprint density at radius 3 is 1.00 bits per heavy atom. The predicted molar refractivity (Wildman–Crippen MR) is 123 cm³/mol. The van der Waals surface area contributed by atoms with Gasteiger partial charge in [-0.25, -0.2) is 0 Å². The van der Waals surface area contributed by atoms with Crippen molar-refractivity contribution in [3.8, 4) is 0 Å². The van der Waals surface area contributed by atoms with E-state index in [0.29, 0.717) is 5.96 Å². The minimum absolute atomic E-state index is 0.519. The van der Waals surface area contributed by atoms with Crippen LogP contribution in [0.2, 0.25) is 0 Å². The Balaban J connectivity index is 3.13. The number of nitrogens with one attached hydrogen (secondary N) is 3. The highest BCUT2D eigenvalue weighted by molar-refractivity contribution is 5.76. The lowest BCUT2D eigenvalue weighted by molar-refractivity contribution is 0.552. The van der Waals surface area contributed by atoms with Crippen LogP contribution in [0.5, 0.6) is 0 Å². The molecule has 0 aromatic carbocycles. The summed E-state index contributed by atoms with van der Waals surface area (Å²) in [6, 6.07) is 0. The van der Waals surface area contributed by atoms with Crippen LogP contribution in [0.4, 0.5) is 0 Å². The van der Waals surface area contributed by atoms with Gasteiger partial charge in [0.2, 0.25) is 0 Å². The maximum atomic E-state index is 7.90. The van der Waals surface area contributed by atoms with E-state index in [4.69, 9.17) is 5.41 Å². The van der Waals surface area contributed by atoms with E-state index in [1.54, 1.807) is 0 Å². The van der Waals surface area contributed by atoms with E-state index in [2.05, 4.69) is 24.5 Å². The average Bonchev–Trinajstić information content (AvgIpc) is 2.67. The maximum absolute atomic E-state index is 7.90. The van der Waals surface area contributed by atoms with E-state index in [-0.39, 0.29) is 0 Å². The fourth-order valence-corrected chi connectivity index (χ4v) is 3.54. The maximum Gasteiger partial charge on any atom is 0.188 e. The molecule has 0 heterocycles. The highest BCUT2D eigenvalue weighted by atomic mass is 15.1. The Hall–Kier alpha value is -0.730. The Bertz CT molecular complexity index is 291. The molecule has 0 aliphatic heterocycles. The first-order chi connectivity index (χ1) is 13.3. The van der Waals surface area contributed by atoms with Crippen molar-refractivity contribution in [2.75, 3.05) is 13.1 Å². The molecule has 0 aliphatic rings. The lowest BCUT2D eigenvalue weighted by atomic mass is 10.1. The van der Waals surface area contributed by atoms with E-state index in [9.17, 15) is 0 Å². The molecular weight excluding hydrogens is 330 g/mol. The number of hydrogen-bond acceptors (Lipinski definition) is 1. The van der Waals surface area contributed by atoms with Gasteiger partial charge in [0.15, 0.2) is 5.96 Å². The Labute approximate surface area is 171 Å². The van der Waals surface area contributed by atoms with Gasteiger partial charge in [-0.15, -0.1) is 0 Å². The van der Waals surface area contributed by atoms with Crippen LogP contribution in [0.25, 0.3) is 0 Å². The zero-order valence-corrected chi connectivity index (χ0v) is 18.8. The van der Waals surface area contributed by atoms with Crippen LogP contribution in [0.3, 0.4) is 0 Å². The summed E-state index contributed by atoms with van der Waals surface area (Å²) in [4.78, 5) is 0. The fraction of sp³-hybridized carbons (Fsp3) is 0.958. The van der Waals surface area contributed by atoms with Crippen molar-refractivity contribution in [2.24, 2.45) is 0 Å². The molecule has 3 N–H and O–H groups in total. The van der Waals surface area contributed by atoms with Crippen LogP contribution >= 0.6 is 0 Å². The lowest BCUT2D eigenvalue weighted by Crippen LogP contribution is -2.37. The average molecular weight is 382 g/mol. The number of guanidine groups is 1. The largest absolute Gasteiger partial charge is 0.357 e. The second-order valence-electron chi connectivity index (χ2n) is 8.24. The molecule has 0 aromatic rings. The van der Waals surface area contributed by atoms with Crippen LogP contribution in [0, 0.1) is 5.41 Å². The fourth-order valence-electron chi connectivity index (χ4n) is 3.54. The molecule has 0 atom stereocenters. The van der Waals surface area contributed by atoms with E-state index < -0.39 is 0 Å². The van der Waals surface area contributed by atoms with E-state index in [1.165, 1.54) is 122 Å². The van der Waals surface area contributed by atoms with Gasteiger partial charge in [-0.1, -0.05) is 123 Å². The molecule has 0 radical (unpaired) electrons. The topological polar surface area (TPSA) is 47.9 Å². The quantitative estimate of drug-likeness (QED) is 0.109. The predicted octanol–water partition coefficient (Wildman–Crippen LogP) is 7.55. The molecule has 0 bridgehead atoms. The number of hydrogen-bond donors (Lipinski definition) is 3. The molecule has 27 heavy (non-hydrogen) atoms. The Morgan fingerprint density at radius 2 is 0.704 bits per heavy atom. The third kappa shape index (κ3) is 23.2. The van der Waals surface area contributed by atoms with Crippen molar-refractivity contribution < 1.29 is 0 Å². The van der Waals surface area contributed by atoms with E-state index in [0.717, 1.165) is 13.1 Å². The van der Waals surface area contributed by atoms with Gasteiger partial charge in [0.1, 0.15) is 0 Å². The zero-order chi connectivity index (χ0) is 19.8. The van der Waals surface area contributed by atoms with Gasteiger partial charge in [0.05, 0.1) is 0 Å². The van der Waals surface area contributed by atoms with Gasteiger partial charge in [-0.2, -0.15) is 0 Å². The smallest absolute Gasteiger partial charge is 0.188 e. The van der Waals surface area contributed by atoms with Crippen LogP contribution in [0.1, 0.15) is 136 Å². The molecule has 0 rings (SSSR count). The third-order valence-electron chi connectivity index (χ3n) is 5.41. The summed E-state index contributed by atoms with van der Waals surface area (Å²) in [7, 11) is 0. The zero-order valence-electron chi connectivity index (χ0n) is 18.8. The van der Waals surface area contributed by atoms with Crippen LogP contribution in [-0.2, 0) is 0 Å². The van der Waals surface area contributed by atoms with Gasteiger partial charge in [-0.3, -0.25) is 5.41 Å². The molecule has 0 aliphatic carbocycles. The summed E-state index contributed by atoms with van der Waals surface area (Å²) in [5, 5.41) is 14.3. The second-order valence-corrected chi connectivity index (χ2v) is 8.24. The summed E-state index contributed by atoms with van der Waals surface area (Å²) in [6.45, 7) is 6.44. The highest BCUT2D eigenvalue weighted by Crippen LogP contribution is 2.10. The van der Waals surface area contributed by atoms with Crippen molar-refractivity contribution in [3.63, 3.8) is 0 Å². The monoisotopic (exact) mass is 381 g/mol. The Morgan fingerprint density at radius 1 is 0.444 bits per heavy atom. The number of unbranched alkanes of at least 4 members (excludes halogenated alkanes) is 17. The molecule has 3 heteroatoms. The minimum atomic E-state index is 0.519. The van der Waals surface area contributed by atoms with Crippen LogP contribution < -0.4 is 10.6 Å².